The maximum Gasteiger partial charge on any atom is 0.0494 e. The van der Waals surface area contributed by atoms with Crippen LogP contribution in [0.25, 0.3) is 0 Å². The van der Waals surface area contributed by atoms with Crippen LogP contribution in [0.3, 0.4) is 0 Å². The number of allylic oxidation sites excluding steroid dienone is 1. The molecule has 0 aromatic rings. The highest BCUT2D eigenvalue weighted by molar-refractivity contribution is 5.16. The second-order valence-electron chi connectivity index (χ2n) is 4.99. The molecule has 1 heteroatoms. The Hall–Kier alpha value is -0.460. The number of hydrogen-bond donors (Lipinski definition) is 0. The molecular formula is C12H21N. The third-order valence-electron chi connectivity index (χ3n) is 3.33. The molecule has 0 amide bonds. The van der Waals surface area contributed by atoms with Gasteiger partial charge in [0.25, 0.3) is 0 Å². The molecule has 2 atom stereocenters. The molecule has 2 unspecified atom stereocenters. The van der Waals surface area contributed by atoms with Crippen LogP contribution >= 0.6 is 0 Å². The summed E-state index contributed by atoms with van der Waals surface area (Å²) in [6, 6.07) is 1.78. The first-order valence-electron chi connectivity index (χ1n) is 5.66. The molecule has 1 heterocycles. The molecule has 0 spiro atoms. The van der Waals surface area contributed by atoms with Crippen molar-refractivity contribution >= 4 is 0 Å². The van der Waals surface area contributed by atoms with Crippen LogP contribution in [0.2, 0.25) is 0 Å². The van der Waals surface area contributed by atoms with Crippen molar-refractivity contribution in [3.8, 4) is 0 Å². The normalized spacial score (nSPS) is 31.8. The van der Waals surface area contributed by atoms with Gasteiger partial charge < -0.3 is 4.90 Å². The minimum Gasteiger partial charge on any atom is -0.365 e. The summed E-state index contributed by atoms with van der Waals surface area (Å²) in [5, 5.41) is 0. The van der Waals surface area contributed by atoms with Gasteiger partial charge in [0.15, 0.2) is 0 Å². The zero-order valence-corrected chi connectivity index (χ0v) is 8.92. The minimum absolute atomic E-state index is 0.759. The lowest BCUT2D eigenvalue weighted by Crippen LogP contribution is -2.03. The van der Waals surface area contributed by atoms with Gasteiger partial charge in [-0.25, -0.2) is 0 Å². The number of rotatable bonds is 3. The monoisotopic (exact) mass is 179 g/mol. The van der Waals surface area contributed by atoms with Crippen LogP contribution in [0.5, 0.6) is 0 Å². The maximum atomic E-state index is 4.21. The van der Waals surface area contributed by atoms with Crippen molar-refractivity contribution in [1.29, 1.82) is 0 Å². The standard InChI is InChI=1S/C12H21N/c1-9(2)8-10(3)13-11-6-4-5-7-12(11)13/h9,11-12H,3-8H2,1-2H3. The van der Waals surface area contributed by atoms with Gasteiger partial charge in [0, 0.05) is 17.8 Å². The van der Waals surface area contributed by atoms with E-state index in [9.17, 15) is 0 Å². The molecule has 1 saturated carbocycles. The molecule has 2 aliphatic rings. The van der Waals surface area contributed by atoms with Crippen LogP contribution in [0.15, 0.2) is 12.3 Å². The average molecular weight is 179 g/mol. The third kappa shape index (κ3) is 1.74. The molecular weight excluding hydrogens is 158 g/mol. The number of hydrogen-bond acceptors (Lipinski definition) is 1. The van der Waals surface area contributed by atoms with E-state index in [-0.39, 0.29) is 0 Å². The SMILES string of the molecule is C=C(CC(C)C)N1C2CCCCC21. The van der Waals surface area contributed by atoms with Crippen molar-refractivity contribution in [2.24, 2.45) is 5.92 Å². The van der Waals surface area contributed by atoms with E-state index in [0.717, 1.165) is 18.0 Å². The molecule has 0 radical (unpaired) electrons. The average Bonchev–Trinajstić information content (AvgIpc) is 2.76. The fourth-order valence-electron chi connectivity index (χ4n) is 2.75. The largest absolute Gasteiger partial charge is 0.365 e. The van der Waals surface area contributed by atoms with Crippen molar-refractivity contribution in [3.05, 3.63) is 12.3 Å². The lowest BCUT2D eigenvalue weighted by Gasteiger charge is -2.11. The van der Waals surface area contributed by atoms with Crippen LogP contribution < -0.4 is 0 Å². The van der Waals surface area contributed by atoms with Crippen molar-refractivity contribution in [1.82, 2.24) is 4.90 Å². The molecule has 0 aromatic heterocycles. The zero-order chi connectivity index (χ0) is 9.42. The summed E-state index contributed by atoms with van der Waals surface area (Å²) in [6.07, 6.45) is 6.90. The van der Waals surface area contributed by atoms with Crippen LogP contribution in [0.4, 0.5) is 0 Å². The highest BCUT2D eigenvalue weighted by Gasteiger charge is 2.48. The van der Waals surface area contributed by atoms with Gasteiger partial charge in [-0.3, -0.25) is 0 Å². The Bertz CT molecular complexity index is 195. The Kier molecular flexibility index (Phi) is 2.35. The molecule has 1 aliphatic carbocycles. The van der Waals surface area contributed by atoms with Gasteiger partial charge in [-0.1, -0.05) is 33.3 Å². The van der Waals surface area contributed by atoms with Gasteiger partial charge in [-0.15, -0.1) is 0 Å². The quantitative estimate of drug-likeness (QED) is 0.601. The smallest absolute Gasteiger partial charge is 0.0494 e. The summed E-state index contributed by atoms with van der Waals surface area (Å²) < 4.78 is 0. The molecule has 1 nitrogen and oxygen atoms in total. The Labute approximate surface area is 81.8 Å². The van der Waals surface area contributed by atoms with Crippen molar-refractivity contribution in [2.75, 3.05) is 0 Å². The molecule has 74 valence electrons. The van der Waals surface area contributed by atoms with Crippen molar-refractivity contribution in [2.45, 2.75) is 58.0 Å². The van der Waals surface area contributed by atoms with Crippen LogP contribution in [-0.2, 0) is 0 Å². The summed E-state index contributed by atoms with van der Waals surface area (Å²) in [7, 11) is 0. The van der Waals surface area contributed by atoms with E-state index in [4.69, 9.17) is 0 Å². The topological polar surface area (TPSA) is 3.01 Å². The Morgan fingerprint density at radius 1 is 1.31 bits per heavy atom. The maximum absolute atomic E-state index is 4.21. The van der Waals surface area contributed by atoms with Crippen LogP contribution in [-0.4, -0.2) is 17.0 Å². The van der Waals surface area contributed by atoms with E-state index in [0.29, 0.717) is 0 Å². The lowest BCUT2D eigenvalue weighted by atomic mass is 10.0. The van der Waals surface area contributed by atoms with Crippen molar-refractivity contribution < 1.29 is 0 Å². The van der Waals surface area contributed by atoms with Gasteiger partial charge in [0.1, 0.15) is 0 Å². The molecule has 0 N–H and O–H groups in total. The summed E-state index contributed by atoms with van der Waals surface area (Å²) in [5.41, 5.74) is 1.40. The first-order valence-corrected chi connectivity index (χ1v) is 5.66. The van der Waals surface area contributed by atoms with Gasteiger partial charge in [-0.05, 0) is 25.2 Å². The summed E-state index contributed by atoms with van der Waals surface area (Å²) in [5.74, 6) is 0.759. The predicted molar refractivity (Wildman–Crippen MR) is 56.5 cm³/mol. The first-order chi connectivity index (χ1) is 6.20. The molecule has 1 saturated heterocycles. The number of nitrogens with zero attached hydrogens (tertiary/aromatic N) is 1. The second-order valence-corrected chi connectivity index (χ2v) is 4.99. The Morgan fingerprint density at radius 3 is 2.31 bits per heavy atom. The number of fused-ring (bicyclic) bond motifs is 1. The number of likely N-dealkylation sites (tertiary alicyclic amines) is 1. The lowest BCUT2D eigenvalue weighted by molar-refractivity contribution is 0.507. The fraction of sp³-hybridized carbons (Fsp3) is 0.833. The third-order valence-corrected chi connectivity index (χ3v) is 3.33. The van der Waals surface area contributed by atoms with Gasteiger partial charge >= 0.3 is 0 Å². The molecule has 13 heavy (non-hydrogen) atoms. The van der Waals surface area contributed by atoms with E-state index >= 15 is 0 Å². The summed E-state index contributed by atoms with van der Waals surface area (Å²) in [4.78, 5) is 2.58. The molecule has 2 rings (SSSR count). The van der Waals surface area contributed by atoms with E-state index in [1.807, 2.05) is 0 Å². The van der Waals surface area contributed by atoms with E-state index in [1.165, 1.54) is 37.8 Å². The van der Waals surface area contributed by atoms with E-state index < -0.39 is 0 Å². The minimum atomic E-state index is 0.759. The molecule has 0 bridgehead atoms. The molecule has 0 aromatic carbocycles. The van der Waals surface area contributed by atoms with E-state index in [1.54, 1.807) is 0 Å². The molecule has 1 aliphatic heterocycles. The van der Waals surface area contributed by atoms with Crippen LogP contribution in [0, 0.1) is 5.92 Å². The highest BCUT2D eigenvalue weighted by atomic mass is 15.4. The predicted octanol–water partition coefficient (Wildman–Crippen LogP) is 3.17. The second kappa shape index (κ2) is 3.36. The zero-order valence-electron chi connectivity index (χ0n) is 8.92. The van der Waals surface area contributed by atoms with Gasteiger partial charge in [-0.2, -0.15) is 0 Å². The van der Waals surface area contributed by atoms with Gasteiger partial charge in [0.05, 0.1) is 0 Å². The highest BCUT2D eigenvalue weighted by Crippen LogP contribution is 2.44. The van der Waals surface area contributed by atoms with Gasteiger partial charge in [0.2, 0.25) is 0 Å². The first kappa shape index (κ1) is 9.11. The summed E-state index contributed by atoms with van der Waals surface area (Å²) >= 11 is 0. The van der Waals surface area contributed by atoms with Crippen LogP contribution in [0.1, 0.15) is 46.0 Å². The summed E-state index contributed by atoms with van der Waals surface area (Å²) in [6.45, 7) is 8.76. The van der Waals surface area contributed by atoms with E-state index in [2.05, 4.69) is 25.3 Å². The Balaban J connectivity index is 1.86. The van der Waals surface area contributed by atoms with Crippen molar-refractivity contribution in [3.63, 3.8) is 0 Å². The molecule has 2 fully saturated rings. The Morgan fingerprint density at radius 2 is 1.85 bits per heavy atom. The fourth-order valence-corrected chi connectivity index (χ4v) is 2.75.